The second kappa shape index (κ2) is 6.75. The van der Waals surface area contributed by atoms with E-state index in [0.717, 1.165) is 25.8 Å². The molecular formula is C16H12BrNOS2. The zero-order valence-corrected chi connectivity index (χ0v) is 14.2. The Morgan fingerprint density at radius 2 is 1.67 bits per heavy atom. The lowest BCUT2D eigenvalue weighted by Gasteiger charge is -2.10. The van der Waals surface area contributed by atoms with Gasteiger partial charge in [-0.05, 0) is 45.8 Å². The quantitative estimate of drug-likeness (QED) is 0.619. The third-order valence-corrected chi connectivity index (χ3v) is 5.82. The summed E-state index contributed by atoms with van der Waals surface area (Å²) in [5.74, 6) is 0. The minimum absolute atomic E-state index is 0.792. The van der Waals surface area contributed by atoms with E-state index >= 15 is 0 Å². The van der Waals surface area contributed by atoms with Crippen LogP contribution in [-0.4, -0.2) is 9.54 Å². The number of nitrogens with zero attached hydrogens (tertiary/aromatic N) is 1. The van der Waals surface area contributed by atoms with Crippen LogP contribution >= 0.6 is 27.3 Å². The van der Waals surface area contributed by atoms with Gasteiger partial charge in [-0.15, -0.1) is 11.3 Å². The Kier molecular flexibility index (Phi) is 4.75. The zero-order chi connectivity index (χ0) is 14.7. The van der Waals surface area contributed by atoms with E-state index in [1.54, 1.807) is 11.3 Å². The number of aromatic nitrogens is 1. The van der Waals surface area contributed by atoms with Crippen molar-refractivity contribution in [1.29, 1.82) is 0 Å². The highest BCUT2D eigenvalue weighted by Gasteiger charge is 2.13. The van der Waals surface area contributed by atoms with Crippen LogP contribution in [0.2, 0.25) is 0 Å². The largest absolute Gasteiger partial charge is 0.606 e. The van der Waals surface area contributed by atoms with Gasteiger partial charge in [0.1, 0.15) is 0 Å². The van der Waals surface area contributed by atoms with E-state index in [1.165, 1.54) is 5.56 Å². The van der Waals surface area contributed by atoms with Gasteiger partial charge < -0.3 is 4.55 Å². The molecule has 2 aromatic carbocycles. The molecule has 21 heavy (non-hydrogen) atoms. The molecule has 0 spiro atoms. The lowest BCUT2D eigenvalue weighted by molar-refractivity contribution is 0.595. The predicted molar refractivity (Wildman–Crippen MR) is 90.2 cm³/mol. The molecule has 3 rings (SSSR count). The highest BCUT2D eigenvalue weighted by molar-refractivity contribution is 9.11. The molecule has 1 heterocycles. The maximum Gasteiger partial charge on any atom is 0.159 e. The van der Waals surface area contributed by atoms with Gasteiger partial charge in [0.15, 0.2) is 13.7 Å². The van der Waals surface area contributed by atoms with Crippen molar-refractivity contribution in [1.82, 2.24) is 4.98 Å². The molecule has 106 valence electrons. The molecule has 5 heteroatoms. The summed E-state index contributed by atoms with van der Waals surface area (Å²) in [5.41, 5.74) is 2.21. The van der Waals surface area contributed by atoms with Crippen LogP contribution < -0.4 is 0 Å². The number of rotatable bonds is 4. The summed E-state index contributed by atoms with van der Waals surface area (Å²) >= 11 is 3.84. The molecule has 0 aliphatic rings. The summed E-state index contributed by atoms with van der Waals surface area (Å²) < 4.78 is 13.3. The fraction of sp³-hybridized carbons (Fsp3) is 0.0625. The summed E-state index contributed by atoms with van der Waals surface area (Å²) in [6, 6.07) is 17.4. The van der Waals surface area contributed by atoms with E-state index in [-0.39, 0.29) is 0 Å². The molecule has 0 bridgehead atoms. The van der Waals surface area contributed by atoms with Gasteiger partial charge in [-0.25, -0.2) is 4.98 Å². The van der Waals surface area contributed by atoms with Crippen LogP contribution in [-0.2, 0) is 17.6 Å². The van der Waals surface area contributed by atoms with Crippen LogP contribution in [0.1, 0.15) is 11.3 Å². The summed E-state index contributed by atoms with van der Waals surface area (Å²) in [6.07, 6.45) is 0.792. The van der Waals surface area contributed by atoms with Crippen molar-refractivity contribution in [2.75, 3.05) is 0 Å². The SMILES string of the molecule is [O-][S+](c1ccccc1)c1ccc(Cc2csc(Br)n2)cc1. The van der Waals surface area contributed by atoms with Gasteiger partial charge in [0.25, 0.3) is 0 Å². The molecule has 0 radical (unpaired) electrons. The Morgan fingerprint density at radius 3 is 2.29 bits per heavy atom. The van der Waals surface area contributed by atoms with Gasteiger partial charge in [-0.2, -0.15) is 0 Å². The Labute approximate surface area is 139 Å². The Balaban J connectivity index is 1.75. The first-order valence-electron chi connectivity index (χ1n) is 6.38. The van der Waals surface area contributed by atoms with Gasteiger partial charge in [0, 0.05) is 23.0 Å². The van der Waals surface area contributed by atoms with Crippen molar-refractivity contribution in [3.63, 3.8) is 0 Å². The van der Waals surface area contributed by atoms with Crippen LogP contribution in [0.5, 0.6) is 0 Å². The van der Waals surface area contributed by atoms with E-state index in [9.17, 15) is 4.55 Å². The Bertz CT molecular complexity index is 713. The van der Waals surface area contributed by atoms with Gasteiger partial charge in [-0.1, -0.05) is 30.3 Å². The van der Waals surface area contributed by atoms with Crippen molar-refractivity contribution >= 4 is 38.4 Å². The minimum Gasteiger partial charge on any atom is -0.606 e. The van der Waals surface area contributed by atoms with Crippen molar-refractivity contribution in [3.8, 4) is 0 Å². The van der Waals surface area contributed by atoms with E-state index < -0.39 is 11.2 Å². The second-order valence-electron chi connectivity index (χ2n) is 4.49. The molecule has 3 aromatic rings. The number of halogens is 1. The Hall–Kier alpha value is -1.14. The first-order chi connectivity index (χ1) is 10.2. The number of hydrogen-bond donors (Lipinski definition) is 0. The fourth-order valence-corrected chi connectivity index (χ4v) is 4.09. The molecule has 0 aliphatic carbocycles. The molecule has 0 aliphatic heterocycles. The van der Waals surface area contributed by atoms with E-state index in [1.807, 2.05) is 60.0 Å². The average Bonchev–Trinajstić information content (AvgIpc) is 2.93. The van der Waals surface area contributed by atoms with Gasteiger partial charge >= 0.3 is 0 Å². The van der Waals surface area contributed by atoms with Crippen LogP contribution in [0.15, 0.2) is 73.7 Å². The molecule has 2 nitrogen and oxygen atoms in total. The predicted octanol–water partition coefficient (Wildman–Crippen LogP) is 4.66. The first kappa shape index (κ1) is 14.8. The standard InChI is InChI=1S/C16H12BrNOS2/c17-16-18-13(11-20-16)10-12-6-8-15(9-7-12)21(19)14-4-2-1-3-5-14/h1-9,11H,10H2. The van der Waals surface area contributed by atoms with Gasteiger partial charge in [-0.3, -0.25) is 0 Å². The molecule has 1 aromatic heterocycles. The lowest BCUT2D eigenvalue weighted by Crippen LogP contribution is -2.02. The van der Waals surface area contributed by atoms with Crippen molar-refractivity contribution < 1.29 is 4.55 Å². The monoisotopic (exact) mass is 377 g/mol. The molecule has 0 saturated carbocycles. The molecule has 0 N–H and O–H groups in total. The topological polar surface area (TPSA) is 36.0 Å². The normalized spacial score (nSPS) is 12.3. The maximum absolute atomic E-state index is 12.4. The van der Waals surface area contributed by atoms with Gasteiger partial charge in [0.2, 0.25) is 0 Å². The first-order valence-corrected chi connectivity index (χ1v) is 9.20. The molecule has 0 fully saturated rings. The molecular weight excluding hydrogens is 366 g/mol. The summed E-state index contributed by atoms with van der Waals surface area (Å²) in [4.78, 5) is 6.04. The average molecular weight is 378 g/mol. The number of hydrogen-bond acceptors (Lipinski definition) is 3. The molecule has 0 amide bonds. The highest BCUT2D eigenvalue weighted by Crippen LogP contribution is 2.22. The minimum atomic E-state index is -1.12. The highest BCUT2D eigenvalue weighted by atomic mass is 79.9. The number of thiazole rings is 1. The van der Waals surface area contributed by atoms with E-state index in [2.05, 4.69) is 20.9 Å². The van der Waals surface area contributed by atoms with Crippen molar-refractivity contribution in [2.45, 2.75) is 16.2 Å². The molecule has 1 atom stereocenters. The molecule has 0 saturated heterocycles. The maximum atomic E-state index is 12.4. The van der Waals surface area contributed by atoms with Crippen LogP contribution in [0.3, 0.4) is 0 Å². The van der Waals surface area contributed by atoms with Crippen LogP contribution in [0.25, 0.3) is 0 Å². The third kappa shape index (κ3) is 3.74. The van der Waals surface area contributed by atoms with Gasteiger partial charge in [0.05, 0.1) is 5.69 Å². The van der Waals surface area contributed by atoms with E-state index in [4.69, 9.17) is 0 Å². The van der Waals surface area contributed by atoms with Crippen molar-refractivity contribution in [3.05, 3.63) is 75.2 Å². The summed E-state index contributed by atoms with van der Waals surface area (Å²) in [6.45, 7) is 0. The summed E-state index contributed by atoms with van der Waals surface area (Å²) in [7, 11) is 0. The number of benzene rings is 2. The lowest BCUT2D eigenvalue weighted by atomic mass is 10.1. The van der Waals surface area contributed by atoms with E-state index in [0.29, 0.717) is 0 Å². The second-order valence-corrected chi connectivity index (χ2v) is 8.11. The van der Waals surface area contributed by atoms with Crippen LogP contribution in [0.4, 0.5) is 0 Å². The third-order valence-electron chi connectivity index (χ3n) is 3.00. The smallest absolute Gasteiger partial charge is 0.159 e. The zero-order valence-electron chi connectivity index (χ0n) is 11.0. The summed E-state index contributed by atoms with van der Waals surface area (Å²) in [5, 5.41) is 2.04. The van der Waals surface area contributed by atoms with Crippen molar-refractivity contribution in [2.24, 2.45) is 0 Å². The Morgan fingerprint density at radius 1 is 1.00 bits per heavy atom. The fourth-order valence-electron chi connectivity index (χ4n) is 1.98. The molecule has 1 unspecified atom stereocenters. The van der Waals surface area contributed by atoms with Crippen LogP contribution in [0, 0.1) is 0 Å².